The molecule has 0 saturated carbocycles. The lowest BCUT2D eigenvalue weighted by atomic mass is 9.94. The number of rotatable bonds is 3. The summed E-state index contributed by atoms with van der Waals surface area (Å²) in [6.45, 7) is 1.98. The van der Waals surface area contributed by atoms with Gasteiger partial charge in [0.25, 0.3) is 0 Å². The van der Waals surface area contributed by atoms with Gasteiger partial charge in [0.1, 0.15) is 0 Å². The number of primary amides is 1. The monoisotopic (exact) mass is 252 g/mol. The van der Waals surface area contributed by atoms with Crippen molar-refractivity contribution in [1.29, 1.82) is 0 Å². The lowest BCUT2D eigenvalue weighted by Crippen LogP contribution is -2.20. The van der Waals surface area contributed by atoms with E-state index in [1.165, 1.54) is 5.39 Å². The molecule has 1 unspecified atom stereocenters. The molecule has 0 spiro atoms. The number of nitrogens with one attached hydrogen (secondary N) is 1. The minimum Gasteiger partial charge on any atom is -0.369 e. The molecule has 3 rings (SSSR count). The summed E-state index contributed by atoms with van der Waals surface area (Å²) >= 11 is 0. The molecule has 3 N–H and O–H groups in total. The molecule has 1 heterocycles. The second kappa shape index (κ2) is 4.43. The number of hydrogen-bond donors (Lipinski definition) is 2. The third-order valence-electron chi connectivity index (χ3n) is 3.68. The first-order valence-electron chi connectivity index (χ1n) is 6.50. The number of aromatic amines is 1. The van der Waals surface area contributed by atoms with E-state index in [-0.39, 0.29) is 11.8 Å². The van der Waals surface area contributed by atoms with Crippen molar-refractivity contribution in [3.05, 3.63) is 48.0 Å². The van der Waals surface area contributed by atoms with E-state index in [2.05, 4.69) is 23.2 Å². The van der Waals surface area contributed by atoms with Gasteiger partial charge in [-0.3, -0.25) is 4.79 Å². The Kier molecular flexibility index (Phi) is 2.75. The molecule has 0 saturated heterocycles. The lowest BCUT2D eigenvalue weighted by Gasteiger charge is -2.11. The van der Waals surface area contributed by atoms with Crippen molar-refractivity contribution in [3.63, 3.8) is 0 Å². The summed E-state index contributed by atoms with van der Waals surface area (Å²) in [7, 11) is 0. The summed E-state index contributed by atoms with van der Waals surface area (Å²) in [6, 6.07) is 14.3. The second-order valence-corrected chi connectivity index (χ2v) is 4.84. The highest BCUT2D eigenvalue weighted by Gasteiger charge is 2.16. The fourth-order valence-electron chi connectivity index (χ4n) is 2.68. The number of nitrogens with two attached hydrogens (primary N) is 1. The molecule has 0 aliphatic carbocycles. The number of carbonyl (C=O) groups is 1. The summed E-state index contributed by atoms with van der Waals surface area (Å²) in [5, 5.41) is 2.33. The molecular formula is C16H16N2O. The molecule has 1 amide bonds. The SMILES string of the molecule is CCC(C(N)=O)c1ccc2[nH]c3ccccc3c2c1. The molecule has 0 bridgehead atoms. The van der Waals surface area contributed by atoms with Crippen molar-refractivity contribution >= 4 is 27.7 Å². The molecular weight excluding hydrogens is 236 g/mol. The first-order valence-corrected chi connectivity index (χ1v) is 6.50. The molecule has 19 heavy (non-hydrogen) atoms. The Bertz CT molecular complexity index is 758. The van der Waals surface area contributed by atoms with Crippen molar-refractivity contribution in [2.45, 2.75) is 19.3 Å². The Hall–Kier alpha value is -2.29. The average molecular weight is 252 g/mol. The standard InChI is InChI=1S/C16H16N2O/c1-2-11(16(17)19)10-7-8-15-13(9-10)12-5-3-4-6-14(12)18-15/h3-9,11,18H,2H2,1H3,(H2,17,19). The number of fused-ring (bicyclic) bond motifs is 3. The van der Waals surface area contributed by atoms with Gasteiger partial charge in [-0.1, -0.05) is 31.2 Å². The van der Waals surface area contributed by atoms with E-state index in [0.29, 0.717) is 0 Å². The fourth-order valence-corrected chi connectivity index (χ4v) is 2.68. The van der Waals surface area contributed by atoms with Crippen LogP contribution in [0.5, 0.6) is 0 Å². The van der Waals surface area contributed by atoms with Gasteiger partial charge < -0.3 is 10.7 Å². The maximum atomic E-state index is 11.5. The van der Waals surface area contributed by atoms with E-state index in [0.717, 1.165) is 28.4 Å². The van der Waals surface area contributed by atoms with Crippen molar-refractivity contribution < 1.29 is 4.79 Å². The van der Waals surface area contributed by atoms with E-state index in [4.69, 9.17) is 5.73 Å². The van der Waals surface area contributed by atoms with Crippen molar-refractivity contribution in [2.24, 2.45) is 5.73 Å². The van der Waals surface area contributed by atoms with Crippen LogP contribution in [0.1, 0.15) is 24.8 Å². The Labute approximate surface area is 111 Å². The van der Waals surface area contributed by atoms with E-state index in [9.17, 15) is 4.79 Å². The first kappa shape index (κ1) is 11.8. The Morgan fingerprint density at radius 3 is 2.63 bits per heavy atom. The molecule has 3 heteroatoms. The van der Waals surface area contributed by atoms with Gasteiger partial charge in [0, 0.05) is 21.8 Å². The fraction of sp³-hybridized carbons (Fsp3) is 0.188. The predicted molar refractivity (Wildman–Crippen MR) is 78.0 cm³/mol. The number of aromatic nitrogens is 1. The average Bonchev–Trinajstić information content (AvgIpc) is 2.77. The Balaban J connectivity index is 2.24. The highest BCUT2D eigenvalue weighted by atomic mass is 16.1. The molecule has 0 fully saturated rings. The van der Waals surface area contributed by atoms with E-state index in [1.807, 2.05) is 31.2 Å². The highest BCUT2D eigenvalue weighted by Crippen LogP contribution is 2.29. The van der Waals surface area contributed by atoms with Crippen LogP contribution in [-0.4, -0.2) is 10.9 Å². The first-order chi connectivity index (χ1) is 9.20. The molecule has 2 aromatic carbocycles. The molecule has 0 aliphatic heterocycles. The van der Waals surface area contributed by atoms with Gasteiger partial charge in [0.05, 0.1) is 5.92 Å². The minimum absolute atomic E-state index is 0.210. The summed E-state index contributed by atoms with van der Waals surface area (Å²) in [4.78, 5) is 14.9. The van der Waals surface area contributed by atoms with E-state index < -0.39 is 0 Å². The number of carbonyl (C=O) groups excluding carboxylic acids is 1. The van der Waals surface area contributed by atoms with Gasteiger partial charge in [0.15, 0.2) is 0 Å². The van der Waals surface area contributed by atoms with Crippen LogP contribution in [0.25, 0.3) is 21.8 Å². The molecule has 1 aromatic heterocycles. The van der Waals surface area contributed by atoms with Crippen LogP contribution in [0.3, 0.4) is 0 Å². The van der Waals surface area contributed by atoms with Gasteiger partial charge in [0.2, 0.25) is 5.91 Å². The van der Waals surface area contributed by atoms with Crippen LogP contribution in [-0.2, 0) is 4.79 Å². The summed E-state index contributed by atoms with van der Waals surface area (Å²) in [6.07, 6.45) is 0.725. The summed E-state index contributed by atoms with van der Waals surface area (Å²) in [5.41, 5.74) is 8.66. The third-order valence-corrected chi connectivity index (χ3v) is 3.68. The van der Waals surface area contributed by atoms with Gasteiger partial charge >= 0.3 is 0 Å². The number of amides is 1. The molecule has 0 radical (unpaired) electrons. The van der Waals surface area contributed by atoms with Gasteiger partial charge in [-0.05, 0) is 30.2 Å². The highest BCUT2D eigenvalue weighted by molar-refractivity contribution is 6.07. The zero-order valence-electron chi connectivity index (χ0n) is 10.8. The van der Waals surface area contributed by atoms with E-state index in [1.54, 1.807) is 0 Å². The largest absolute Gasteiger partial charge is 0.369 e. The maximum Gasteiger partial charge on any atom is 0.224 e. The van der Waals surface area contributed by atoms with E-state index >= 15 is 0 Å². The zero-order chi connectivity index (χ0) is 13.4. The third kappa shape index (κ3) is 1.87. The van der Waals surface area contributed by atoms with Crippen LogP contribution in [0.4, 0.5) is 0 Å². The minimum atomic E-state index is -0.262. The quantitative estimate of drug-likeness (QED) is 0.738. The number of benzene rings is 2. The van der Waals surface area contributed by atoms with Crippen LogP contribution in [0.15, 0.2) is 42.5 Å². The predicted octanol–water partition coefficient (Wildman–Crippen LogP) is 3.30. The Morgan fingerprint density at radius 2 is 1.89 bits per heavy atom. The number of hydrogen-bond acceptors (Lipinski definition) is 1. The normalized spacial score (nSPS) is 12.9. The zero-order valence-corrected chi connectivity index (χ0v) is 10.8. The van der Waals surface area contributed by atoms with Crippen molar-refractivity contribution in [2.75, 3.05) is 0 Å². The molecule has 96 valence electrons. The molecule has 3 nitrogen and oxygen atoms in total. The molecule has 1 atom stereocenters. The topological polar surface area (TPSA) is 58.9 Å². The Morgan fingerprint density at radius 1 is 1.16 bits per heavy atom. The number of H-pyrrole nitrogens is 1. The summed E-state index contributed by atoms with van der Waals surface area (Å²) in [5.74, 6) is -0.472. The smallest absolute Gasteiger partial charge is 0.224 e. The summed E-state index contributed by atoms with van der Waals surface area (Å²) < 4.78 is 0. The van der Waals surface area contributed by atoms with Crippen LogP contribution in [0, 0.1) is 0 Å². The van der Waals surface area contributed by atoms with Crippen molar-refractivity contribution in [3.8, 4) is 0 Å². The van der Waals surface area contributed by atoms with Gasteiger partial charge in [-0.15, -0.1) is 0 Å². The van der Waals surface area contributed by atoms with Crippen molar-refractivity contribution in [1.82, 2.24) is 4.98 Å². The lowest BCUT2D eigenvalue weighted by molar-refractivity contribution is -0.119. The molecule has 3 aromatic rings. The maximum absolute atomic E-state index is 11.5. The van der Waals surface area contributed by atoms with Gasteiger partial charge in [-0.2, -0.15) is 0 Å². The number of para-hydroxylation sites is 1. The second-order valence-electron chi connectivity index (χ2n) is 4.84. The van der Waals surface area contributed by atoms with Crippen LogP contribution < -0.4 is 5.73 Å². The van der Waals surface area contributed by atoms with Crippen LogP contribution >= 0.6 is 0 Å². The van der Waals surface area contributed by atoms with Crippen LogP contribution in [0.2, 0.25) is 0 Å². The van der Waals surface area contributed by atoms with Gasteiger partial charge in [-0.25, -0.2) is 0 Å². The molecule has 0 aliphatic rings.